The highest BCUT2D eigenvalue weighted by molar-refractivity contribution is 8.00. The molecule has 1 unspecified atom stereocenters. The lowest BCUT2D eigenvalue weighted by molar-refractivity contribution is 0.0746. The normalized spacial score (nSPS) is 15.8. The Hall–Kier alpha value is -2.42. The van der Waals surface area contributed by atoms with Crippen LogP contribution in [0.25, 0.3) is 10.4 Å². The SMILES string of the molecule is Cc1cccc(-c2sc(C)nc2C(=O)N2CCSC2CNC(=O)c2ccc(Cl)cn2)c1. The maximum Gasteiger partial charge on any atom is 0.274 e. The molecule has 3 heterocycles. The number of nitrogens with zero attached hydrogens (tertiary/aromatic N) is 3. The van der Waals surface area contributed by atoms with E-state index in [1.54, 1.807) is 28.8 Å². The lowest BCUT2D eigenvalue weighted by Gasteiger charge is -2.23. The van der Waals surface area contributed by atoms with Gasteiger partial charge in [-0.15, -0.1) is 23.1 Å². The van der Waals surface area contributed by atoms with Gasteiger partial charge in [-0.05, 0) is 31.5 Å². The van der Waals surface area contributed by atoms with Crippen LogP contribution in [0.5, 0.6) is 0 Å². The molecule has 160 valence electrons. The van der Waals surface area contributed by atoms with Crippen LogP contribution in [-0.2, 0) is 0 Å². The van der Waals surface area contributed by atoms with E-state index >= 15 is 0 Å². The molecule has 0 spiro atoms. The van der Waals surface area contributed by atoms with Gasteiger partial charge in [0, 0.05) is 25.0 Å². The number of nitrogens with one attached hydrogen (secondary N) is 1. The lowest BCUT2D eigenvalue weighted by Crippen LogP contribution is -2.42. The number of thiazole rings is 1. The van der Waals surface area contributed by atoms with Gasteiger partial charge in [0.05, 0.1) is 20.3 Å². The van der Waals surface area contributed by atoms with Crippen LogP contribution < -0.4 is 5.32 Å². The van der Waals surface area contributed by atoms with E-state index in [1.807, 2.05) is 32.0 Å². The molecule has 2 amide bonds. The van der Waals surface area contributed by atoms with Gasteiger partial charge < -0.3 is 10.2 Å². The average Bonchev–Trinajstić information content (AvgIpc) is 3.38. The molecule has 1 N–H and O–H groups in total. The summed E-state index contributed by atoms with van der Waals surface area (Å²) in [4.78, 5) is 37.1. The highest BCUT2D eigenvalue weighted by Gasteiger charge is 2.33. The van der Waals surface area contributed by atoms with Crippen molar-refractivity contribution in [1.29, 1.82) is 0 Å². The Labute approximate surface area is 194 Å². The van der Waals surface area contributed by atoms with Gasteiger partial charge >= 0.3 is 0 Å². The van der Waals surface area contributed by atoms with Crippen LogP contribution >= 0.6 is 34.7 Å². The monoisotopic (exact) mass is 472 g/mol. The standard InChI is InChI=1S/C22H21ClN4O2S2/c1-13-4-3-5-15(10-13)20-19(26-14(2)31-20)22(29)27-8-9-30-18(27)12-25-21(28)17-7-6-16(23)11-24-17/h3-7,10-11,18H,8-9,12H2,1-2H3,(H,25,28). The number of hydrogen-bond acceptors (Lipinski definition) is 6. The second-order valence-corrected chi connectivity index (χ2v) is 10.1. The predicted molar refractivity (Wildman–Crippen MR) is 126 cm³/mol. The second kappa shape index (κ2) is 9.38. The number of pyridine rings is 1. The summed E-state index contributed by atoms with van der Waals surface area (Å²) in [6.45, 7) is 4.90. The maximum absolute atomic E-state index is 13.4. The van der Waals surface area contributed by atoms with Crippen molar-refractivity contribution < 1.29 is 9.59 Å². The van der Waals surface area contributed by atoms with E-state index in [9.17, 15) is 9.59 Å². The number of amides is 2. The maximum atomic E-state index is 13.4. The molecule has 1 fully saturated rings. The van der Waals surface area contributed by atoms with Crippen molar-refractivity contribution in [3.63, 3.8) is 0 Å². The molecule has 2 aromatic heterocycles. The Kier molecular flexibility index (Phi) is 6.60. The summed E-state index contributed by atoms with van der Waals surface area (Å²) in [5.74, 6) is 0.421. The smallest absolute Gasteiger partial charge is 0.274 e. The first-order valence-corrected chi connectivity index (χ1v) is 12.0. The molecule has 0 saturated carbocycles. The lowest BCUT2D eigenvalue weighted by atomic mass is 10.1. The van der Waals surface area contributed by atoms with Crippen molar-refractivity contribution in [2.45, 2.75) is 19.2 Å². The first kappa shape index (κ1) is 21.8. The number of carbonyl (C=O) groups excluding carboxylic acids is 2. The molecule has 4 rings (SSSR count). The minimum Gasteiger partial charge on any atom is -0.348 e. The van der Waals surface area contributed by atoms with Crippen molar-refractivity contribution in [2.75, 3.05) is 18.8 Å². The minimum absolute atomic E-state index is 0.102. The van der Waals surface area contributed by atoms with E-state index in [1.165, 1.54) is 17.5 Å². The van der Waals surface area contributed by atoms with Crippen LogP contribution in [0.4, 0.5) is 0 Å². The zero-order valence-electron chi connectivity index (χ0n) is 17.1. The summed E-state index contributed by atoms with van der Waals surface area (Å²) < 4.78 is 0. The van der Waals surface area contributed by atoms with E-state index in [0.29, 0.717) is 29.5 Å². The number of thioether (sulfide) groups is 1. The molecular formula is C22H21ClN4O2S2. The molecule has 1 atom stereocenters. The molecule has 3 aromatic rings. The van der Waals surface area contributed by atoms with Gasteiger partial charge in [0.1, 0.15) is 11.4 Å². The Morgan fingerprint density at radius 3 is 2.84 bits per heavy atom. The molecule has 1 aliphatic rings. The summed E-state index contributed by atoms with van der Waals surface area (Å²) >= 11 is 9.01. The Balaban J connectivity index is 1.50. The Morgan fingerprint density at radius 2 is 2.10 bits per heavy atom. The molecule has 31 heavy (non-hydrogen) atoms. The van der Waals surface area contributed by atoms with E-state index in [2.05, 4.69) is 21.4 Å². The van der Waals surface area contributed by atoms with Crippen LogP contribution in [-0.4, -0.2) is 50.9 Å². The van der Waals surface area contributed by atoms with Gasteiger partial charge in [0.2, 0.25) is 0 Å². The number of aryl methyl sites for hydroxylation is 2. The first-order valence-electron chi connectivity index (χ1n) is 9.79. The Morgan fingerprint density at radius 1 is 1.26 bits per heavy atom. The molecule has 0 bridgehead atoms. The molecule has 1 aliphatic heterocycles. The predicted octanol–water partition coefficient (Wildman–Crippen LogP) is 4.42. The fourth-order valence-corrected chi connectivity index (χ4v) is 5.57. The van der Waals surface area contributed by atoms with Gasteiger partial charge in [-0.1, -0.05) is 41.4 Å². The molecule has 1 saturated heterocycles. The minimum atomic E-state index is -0.290. The van der Waals surface area contributed by atoms with Crippen LogP contribution in [0, 0.1) is 13.8 Å². The molecule has 6 nitrogen and oxygen atoms in total. The quantitative estimate of drug-likeness (QED) is 0.594. The molecule has 1 aromatic carbocycles. The van der Waals surface area contributed by atoms with Gasteiger partial charge in [-0.25, -0.2) is 9.97 Å². The van der Waals surface area contributed by atoms with Crippen LogP contribution in [0.3, 0.4) is 0 Å². The average molecular weight is 473 g/mol. The van der Waals surface area contributed by atoms with Crippen molar-refractivity contribution in [3.05, 3.63) is 69.6 Å². The van der Waals surface area contributed by atoms with Crippen molar-refractivity contribution >= 4 is 46.5 Å². The van der Waals surface area contributed by atoms with E-state index in [0.717, 1.165) is 26.8 Å². The largest absolute Gasteiger partial charge is 0.348 e. The molecule has 0 aliphatic carbocycles. The zero-order chi connectivity index (χ0) is 22.0. The van der Waals surface area contributed by atoms with Gasteiger partial charge in [-0.3, -0.25) is 9.59 Å². The second-order valence-electron chi connectivity index (χ2n) is 7.18. The van der Waals surface area contributed by atoms with E-state index in [4.69, 9.17) is 11.6 Å². The number of carbonyl (C=O) groups is 2. The fourth-order valence-electron chi connectivity index (χ4n) is 3.39. The number of rotatable bonds is 5. The molecule has 9 heteroatoms. The third kappa shape index (κ3) is 4.92. The van der Waals surface area contributed by atoms with Gasteiger partial charge in [0.25, 0.3) is 11.8 Å². The topological polar surface area (TPSA) is 75.2 Å². The summed E-state index contributed by atoms with van der Waals surface area (Å²) in [7, 11) is 0. The Bertz CT molecular complexity index is 1120. The summed E-state index contributed by atoms with van der Waals surface area (Å²) in [5, 5.41) is 4.05. The molecular weight excluding hydrogens is 452 g/mol. The summed E-state index contributed by atoms with van der Waals surface area (Å²) in [6.07, 6.45) is 1.44. The fraction of sp³-hybridized carbons (Fsp3) is 0.273. The van der Waals surface area contributed by atoms with Crippen molar-refractivity contribution in [2.24, 2.45) is 0 Å². The highest BCUT2D eigenvalue weighted by Crippen LogP contribution is 2.33. The van der Waals surface area contributed by atoms with Crippen LogP contribution in [0.1, 0.15) is 31.5 Å². The van der Waals surface area contributed by atoms with E-state index < -0.39 is 0 Å². The number of halogens is 1. The number of hydrogen-bond donors (Lipinski definition) is 1. The van der Waals surface area contributed by atoms with Gasteiger partial charge in [-0.2, -0.15) is 0 Å². The van der Waals surface area contributed by atoms with Gasteiger partial charge in [0.15, 0.2) is 0 Å². The highest BCUT2D eigenvalue weighted by atomic mass is 35.5. The first-order chi connectivity index (χ1) is 14.9. The summed E-state index contributed by atoms with van der Waals surface area (Å²) in [6, 6.07) is 11.3. The van der Waals surface area contributed by atoms with Crippen molar-refractivity contribution in [1.82, 2.24) is 20.2 Å². The summed E-state index contributed by atoms with van der Waals surface area (Å²) in [5.41, 5.74) is 2.91. The van der Waals surface area contributed by atoms with E-state index in [-0.39, 0.29) is 17.2 Å². The molecule has 0 radical (unpaired) electrons. The number of benzene rings is 1. The third-order valence-corrected chi connectivity index (χ3v) is 7.33. The van der Waals surface area contributed by atoms with Crippen molar-refractivity contribution in [3.8, 4) is 10.4 Å². The number of aromatic nitrogens is 2. The van der Waals surface area contributed by atoms with Crippen LogP contribution in [0.15, 0.2) is 42.6 Å². The third-order valence-electron chi connectivity index (χ3n) is 4.87. The zero-order valence-corrected chi connectivity index (χ0v) is 19.5. The van der Waals surface area contributed by atoms with Crippen LogP contribution in [0.2, 0.25) is 5.02 Å².